The fourth-order valence-corrected chi connectivity index (χ4v) is 3.70. The van der Waals surface area contributed by atoms with E-state index in [1.807, 2.05) is 41.2 Å². The molecular weight excluding hydrogens is 302 g/mol. The molecule has 2 saturated heterocycles. The van der Waals surface area contributed by atoms with Crippen molar-refractivity contribution in [2.24, 2.45) is 7.05 Å². The minimum atomic E-state index is 0.0851. The van der Waals surface area contributed by atoms with Crippen LogP contribution >= 0.6 is 0 Å². The number of likely N-dealkylation sites (tertiary alicyclic amines) is 1. The van der Waals surface area contributed by atoms with Gasteiger partial charge in [0.15, 0.2) is 0 Å². The highest BCUT2D eigenvalue weighted by Crippen LogP contribution is 2.28. The first-order valence-corrected chi connectivity index (χ1v) is 8.69. The Hall–Kier alpha value is -2.37. The van der Waals surface area contributed by atoms with Crippen LogP contribution in [0.3, 0.4) is 0 Å². The maximum Gasteiger partial charge on any atom is 0.255 e. The Morgan fingerprint density at radius 2 is 2.00 bits per heavy atom. The van der Waals surface area contributed by atoms with Gasteiger partial charge < -0.3 is 9.80 Å². The first-order chi connectivity index (χ1) is 11.7. The molecule has 0 bridgehead atoms. The highest BCUT2D eigenvalue weighted by Gasteiger charge is 2.29. The number of hydrogen-bond acceptors (Lipinski definition) is 4. The molecule has 6 nitrogen and oxygen atoms in total. The number of aromatic nitrogens is 3. The molecule has 2 aliphatic heterocycles. The van der Waals surface area contributed by atoms with Crippen LogP contribution in [0.1, 0.15) is 41.1 Å². The number of carbonyl (C=O) groups excluding carboxylic acids is 1. The zero-order chi connectivity index (χ0) is 16.5. The Morgan fingerprint density at radius 3 is 2.67 bits per heavy atom. The lowest BCUT2D eigenvalue weighted by Gasteiger charge is -2.18. The molecule has 1 amide bonds. The molecule has 1 unspecified atom stereocenters. The lowest BCUT2D eigenvalue weighted by Crippen LogP contribution is -2.28. The van der Waals surface area contributed by atoms with Gasteiger partial charge in [-0.05, 0) is 37.0 Å². The zero-order valence-corrected chi connectivity index (χ0v) is 14.1. The average Bonchev–Trinajstić information content (AvgIpc) is 3.35. The Bertz CT molecular complexity index is 717. The van der Waals surface area contributed by atoms with Crippen LogP contribution in [-0.2, 0) is 7.05 Å². The number of hydrogen-bond donors (Lipinski definition) is 0. The number of nitrogens with zero attached hydrogens (tertiary/aromatic N) is 5. The Labute approximate surface area is 142 Å². The van der Waals surface area contributed by atoms with E-state index in [-0.39, 0.29) is 5.91 Å². The summed E-state index contributed by atoms with van der Waals surface area (Å²) in [5, 5.41) is 4.24. The molecule has 2 aliphatic rings. The molecule has 2 fully saturated rings. The molecule has 6 heteroatoms. The summed E-state index contributed by atoms with van der Waals surface area (Å²) in [5.74, 6) is 1.46. The standard InChI is InChI=1S/C18H23N5O/c1-21-12-16(11-20-21)15-6-9-23(13-15)18(24)14-4-5-17(19-10-14)22-7-2-3-8-22/h4-5,10-12,15H,2-3,6-9,13H2,1H3. The molecule has 0 spiro atoms. The number of carbonyl (C=O) groups is 1. The molecule has 0 N–H and O–H groups in total. The molecule has 0 aliphatic carbocycles. The fraction of sp³-hybridized carbons (Fsp3) is 0.500. The van der Waals surface area contributed by atoms with Gasteiger partial charge in [0.05, 0.1) is 11.8 Å². The monoisotopic (exact) mass is 325 g/mol. The molecular formula is C18H23N5O. The lowest BCUT2D eigenvalue weighted by molar-refractivity contribution is 0.0790. The summed E-state index contributed by atoms with van der Waals surface area (Å²) < 4.78 is 1.82. The van der Waals surface area contributed by atoms with E-state index in [0.717, 1.165) is 38.4 Å². The molecule has 24 heavy (non-hydrogen) atoms. The number of pyridine rings is 1. The third-order valence-corrected chi connectivity index (χ3v) is 5.10. The van der Waals surface area contributed by atoms with Gasteiger partial charge in [0, 0.05) is 51.5 Å². The quantitative estimate of drug-likeness (QED) is 0.867. The van der Waals surface area contributed by atoms with Crippen LogP contribution in [0.2, 0.25) is 0 Å². The summed E-state index contributed by atoms with van der Waals surface area (Å²) in [5.41, 5.74) is 1.90. The van der Waals surface area contributed by atoms with E-state index >= 15 is 0 Å². The third kappa shape index (κ3) is 2.88. The van der Waals surface area contributed by atoms with Gasteiger partial charge in [-0.25, -0.2) is 4.98 Å². The van der Waals surface area contributed by atoms with E-state index in [2.05, 4.69) is 15.0 Å². The predicted octanol–water partition coefficient (Wildman–Crippen LogP) is 2.04. The first kappa shape index (κ1) is 15.2. The summed E-state index contributed by atoms with van der Waals surface area (Å²) in [6, 6.07) is 3.90. The summed E-state index contributed by atoms with van der Waals surface area (Å²) >= 11 is 0. The van der Waals surface area contributed by atoms with Crippen molar-refractivity contribution in [3.05, 3.63) is 41.9 Å². The summed E-state index contributed by atoms with van der Waals surface area (Å²) in [6.45, 7) is 3.70. The summed E-state index contributed by atoms with van der Waals surface area (Å²) in [6.07, 6.45) is 9.14. The maximum atomic E-state index is 12.7. The minimum Gasteiger partial charge on any atom is -0.357 e. The summed E-state index contributed by atoms with van der Waals surface area (Å²) in [4.78, 5) is 21.4. The number of anilines is 1. The van der Waals surface area contributed by atoms with Gasteiger partial charge in [-0.3, -0.25) is 9.48 Å². The van der Waals surface area contributed by atoms with Crippen molar-refractivity contribution in [2.45, 2.75) is 25.2 Å². The van der Waals surface area contributed by atoms with Crippen molar-refractivity contribution in [3.63, 3.8) is 0 Å². The smallest absolute Gasteiger partial charge is 0.255 e. The molecule has 2 aromatic heterocycles. The van der Waals surface area contributed by atoms with Gasteiger partial charge in [-0.1, -0.05) is 0 Å². The van der Waals surface area contributed by atoms with Crippen LogP contribution in [0.5, 0.6) is 0 Å². The molecule has 4 heterocycles. The molecule has 1 atom stereocenters. The van der Waals surface area contributed by atoms with Crippen molar-refractivity contribution in [1.82, 2.24) is 19.7 Å². The van der Waals surface area contributed by atoms with Gasteiger partial charge in [0.1, 0.15) is 5.82 Å². The Balaban J connectivity index is 1.42. The van der Waals surface area contributed by atoms with E-state index in [1.165, 1.54) is 18.4 Å². The number of amides is 1. The second-order valence-corrected chi connectivity index (χ2v) is 6.78. The summed E-state index contributed by atoms with van der Waals surface area (Å²) in [7, 11) is 1.93. The molecule has 4 rings (SSSR count). The van der Waals surface area contributed by atoms with Gasteiger partial charge >= 0.3 is 0 Å². The van der Waals surface area contributed by atoms with Crippen LogP contribution < -0.4 is 4.90 Å². The van der Waals surface area contributed by atoms with E-state index < -0.39 is 0 Å². The average molecular weight is 325 g/mol. The molecule has 0 saturated carbocycles. The largest absolute Gasteiger partial charge is 0.357 e. The second kappa shape index (κ2) is 6.26. The SMILES string of the molecule is Cn1cc(C2CCN(C(=O)c3ccc(N4CCCC4)nc3)C2)cn1. The van der Waals surface area contributed by atoms with Crippen molar-refractivity contribution in [1.29, 1.82) is 0 Å². The van der Waals surface area contributed by atoms with Crippen molar-refractivity contribution < 1.29 is 4.79 Å². The van der Waals surface area contributed by atoms with Crippen molar-refractivity contribution in [3.8, 4) is 0 Å². The third-order valence-electron chi connectivity index (χ3n) is 5.10. The maximum absolute atomic E-state index is 12.7. The molecule has 126 valence electrons. The number of aryl methyl sites for hydroxylation is 1. The Kier molecular flexibility index (Phi) is 3.96. The van der Waals surface area contributed by atoms with Crippen LogP contribution in [0.4, 0.5) is 5.82 Å². The van der Waals surface area contributed by atoms with E-state index in [4.69, 9.17) is 0 Å². The van der Waals surface area contributed by atoms with Gasteiger partial charge in [0.25, 0.3) is 5.91 Å². The number of rotatable bonds is 3. The Morgan fingerprint density at radius 1 is 1.17 bits per heavy atom. The topological polar surface area (TPSA) is 54.3 Å². The highest BCUT2D eigenvalue weighted by molar-refractivity contribution is 5.94. The fourth-order valence-electron chi connectivity index (χ4n) is 3.70. The van der Waals surface area contributed by atoms with Crippen molar-refractivity contribution in [2.75, 3.05) is 31.1 Å². The van der Waals surface area contributed by atoms with E-state index in [0.29, 0.717) is 11.5 Å². The van der Waals surface area contributed by atoms with Gasteiger partial charge in [-0.15, -0.1) is 0 Å². The highest BCUT2D eigenvalue weighted by atomic mass is 16.2. The molecule has 2 aromatic rings. The van der Waals surface area contributed by atoms with Crippen LogP contribution in [0.15, 0.2) is 30.7 Å². The molecule has 0 aromatic carbocycles. The first-order valence-electron chi connectivity index (χ1n) is 8.69. The van der Waals surface area contributed by atoms with Crippen LogP contribution in [-0.4, -0.2) is 51.8 Å². The van der Waals surface area contributed by atoms with E-state index in [1.54, 1.807) is 6.20 Å². The van der Waals surface area contributed by atoms with Gasteiger partial charge in [0.2, 0.25) is 0 Å². The second-order valence-electron chi connectivity index (χ2n) is 6.78. The van der Waals surface area contributed by atoms with Crippen LogP contribution in [0.25, 0.3) is 0 Å². The van der Waals surface area contributed by atoms with E-state index in [9.17, 15) is 4.79 Å². The minimum absolute atomic E-state index is 0.0851. The lowest BCUT2D eigenvalue weighted by atomic mass is 10.0. The normalized spacial score (nSPS) is 20.8. The predicted molar refractivity (Wildman–Crippen MR) is 92.2 cm³/mol. The van der Waals surface area contributed by atoms with Crippen LogP contribution in [0, 0.1) is 0 Å². The zero-order valence-electron chi connectivity index (χ0n) is 14.1. The van der Waals surface area contributed by atoms with Gasteiger partial charge in [-0.2, -0.15) is 5.10 Å². The molecule has 0 radical (unpaired) electrons. The van der Waals surface area contributed by atoms with Crippen molar-refractivity contribution >= 4 is 11.7 Å².